The van der Waals surface area contributed by atoms with Crippen LogP contribution in [0.15, 0.2) is 24.4 Å². The summed E-state index contributed by atoms with van der Waals surface area (Å²) >= 11 is 0. The topological polar surface area (TPSA) is 71.5 Å². The Morgan fingerprint density at radius 3 is 2.86 bits per heavy atom. The minimum Gasteiger partial charge on any atom is -0.372 e. The van der Waals surface area contributed by atoms with E-state index < -0.39 is 10.0 Å². The Kier molecular flexibility index (Phi) is 4.49. The first-order chi connectivity index (χ1) is 10.4. The Hall–Kier alpha value is -1.02. The zero-order valence-electron chi connectivity index (χ0n) is 12.9. The maximum atomic E-state index is 11.1. The van der Waals surface area contributed by atoms with Crippen molar-refractivity contribution >= 4 is 10.0 Å². The Labute approximate surface area is 131 Å². The molecule has 2 aliphatic heterocycles. The minimum absolute atomic E-state index is 0.0175. The van der Waals surface area contributed by atoms with Gasteiger partial charge in [0.25, 0.3) is 0 Å². The molecule has 2 saturated heterocycles. The molecule has 0 aromatic carbocycles. The van der Waals surface area contributed by atoms with Crippen LogP contribution < -0.4 is 4.72 Å². The molecule has 1 atom stereocenters. The van der Waals surface area contributed by atoms with Crippen molar-refractivity contribution in [3.8, 4) is 0 Å². The smallest absolute Gasteiger partial charge is 0.208 e. The summed E-state index contributed by atoms with van der Waals surface area (Å²) < 4.78 is 30.9. The van der Waals surface area contributed by atoms with Gasteiger partial charge in [0, 0.05) is 32.4 Å². The van der Waals surface area contributed by atoms with Crippen LogP contribution in [0.25, 0.3) is 0 Å². The molecule has 1 N–H and O–H groups in total. The summed E-state index contributed by atoms with van der Waals surface area (Å²) in [5, 5.41) is 0. The maximum Gasteiger partial charge on any atom is 0.208 e. The lowest BCUT2D eigenvalue weighted by Crippen LogP contribution is -2.64. The lowest BCUT2D eigenvalue weighted by atomic mass is 9.83. The molecule has 0 saturated carbocycles. The van der Waals surface area contributed by atoms with Crippen LogP contribution >= 0.6 is 0 Å². The van der Waals surface area contributed by atoms with Crippen LogP contribution in [-0.4, -0.2) is 56.4 Å². The van der Waals surface area contributed by atoms with Crippen molar-refractivity contribution in [3.05, 3.63) is 30.1 Å². The summed E-state index contributed by atoms with van der Waals surface area (Å²) in [7, 11) is -3.11. The van der Waals surface area contributed by atoms with Crippen molar-refractivity contribution < 1.29 is 13.2 Å². The second kappa shape index (κ2) is 6.23. The van der Waals surface area contributed by atoms with Crippen molar-refractivity contribution in [1.82, 2.24) is 14.6 Å². The molecule has 22 heavy (non-hydrogen) atoms. The number of hydrogen-bond donors (Lipinski definition) is 1. The molecule has 1 aromatic heterocycles. The first-order valence-electron chi connectivity index (χ1n) is 7.65. The summed E-state index contributed by atoms with van der Waals surface area (Å²) in [4.78, 5) is 6.69. The molecule has 2 fully saturated rings. The van der Waals surface area contributed by atoms with Crippen molar-refractivity contribution in [2.24, 2.45) is 5.92 Å². The molecule has 0 bridgehead atoms. The van der Waals surface area contributed by atoms with E-state index >= 15 is 0 Å². The molecule has 122 valence electrons. The van der Waals surface area contributed by atoms with Gasteiger partial charge in [0.2, 0.25) is 10.0 Å². The number of pyridine rings is 1. The molecule has 7 heteroatoms. The van der Waals surface area contributed by atoms with E-state index in [9.17, 15) is 8.42 Å². The predicted molar refractivity (Wildman–Crippen MR) is 83.8 cm³/mol. The number of sulfonamides is 1. The number of aromatic nitrogens is 1. The normalized spacial score (nSPS) is 25.0. The third-order valence-electron chi connectivity index (χ3n) is 4.40. The van der Waals surface area contributed by atoms with Gasteiger partial charge in [-0.25, -0.2) is 13.1 Å². The molecular weight excluding hydrogens is 302 g/mol. The zero-order valence-corrected chi connectivity index (χ0v) is 13.7. The van der Waals surface area contributed by atoms with Gasteiger partial charge >= 0.3 is 0 Å². The summed E-state index contributed by atoms with van der Waals surface area (Å²) in [6.45, 7) is 3.86. The molecule has 1 aromatic rings. The quantitative estimate of drug-likeness (QED) is 0.859. The third kappa shape index (κ3) is 4.04. The molecular formula is C15H23N3O3S. The van der Waals surface area contributed by atoms with Crippen molar-refractivity contribution in [2.75, 3.05) is 32.5 Å². The number of ether oxygens (including phenoxy) is 1. The molecule has 2 aliphatic rings. The van der Waals surface area contributed by atoms with E-state index in [0.29, 0.717) is 13.2 Å². The highest BCUT2D eigenvalue weighted by Crippen LogP contribution is 2.36. The average Bonchev–Trinajstić information content (AvgIpc) is 2.45. The fourth-order valence-electron chi connectivity index (χ4n) is 3.20. The van der Waals surface area contributed by atoms with E-state index in [0.717, 1.165) is 38.2 Å². The molecule has 0 aliphatic carbocycles. The Morgan fingerprint density at radius 1 is 1.45 bits per heavy atom. The van der Waals surface area contributed by atoms with E-state index in [1.165, 1.54) is 6.26 Å². The summed E-state index contributed by atoms with van der Waals surface area (Å²) in [5.74, 6) is 0.283. The zero-order chi connectivity index (χ0) is 15.6. The van der Waals surface area contributed by atoms with Crippen LogP contribution in [0.3, 0.4) is 0 Å². The van der Waals surface area contributed by atoms with E-state index in [-0.39, 0.29) is 11.5 Å². The number of nitrogens with zero attached hydrogens (tertiary/aromatic N) is 2. The number of rotatable bonds is 5. The largest absolute Gasteiger partial charge is 0.372 e. The Bertz CT molecular complexity index is 590. The van der Waals surface area contributed by atoms with Gasteiger partial charge in [-0.05, 0) is 30.9 Å². The molecule has 0 radical (unpaired) electrons. The van der Waals surface area contributed by atoms with Crippen molar-refractivity contribution in [1.29, 1.82) is 0 Å². The lowest BCUT2D eigenvalue weighted by molar-refractivity contribution is -0.181. The lowest BCUT2D eigenvalue weighted by Gasteiger charge is -2.52. The van der Waals surface area contributed by atoms with E-state index in [1.807, 2.05) is 24.4 Å². The van der Waals surface area contributed by atoms with Crippen LogP contribution in [0.2, 0.25) is 0 Å². The van der Waals surface area contributed by atoms with Gasteiger partial charge in [0.05, 0.1) is 24.2 Å². The monoisotopic (exact) mass is 325 g/mol. The Morgan fingerprint density at radius 2 is 2.27 bits per heavy atom. The van der Waals surface area contributed by atoms with Gasteiger partial charge in [-0.3, -0.25) is 9.88 Å². The fourth-order valence-corrected chi connectivity index (χ4v) is 3.74. The summed E-state index contributed by atoms with van der Waals surface area (Å²) in [6.07, 6.45) is 5.03. The maximum absolute atomic E-state index is 11.1. The highest BCUT2D eigenvalue weighted by molar-refractivity contribution is 7.88. The van der Waals surface area contributed by atoms with Crippen molar-refractivity contribution in [2.45, 2.75) is 25.0 Å². The fraction of sp³-hybridized carbons (Fsp3) is 0.667. The Balaban J connectivity index is 1.41. The summed E-state index contributed by atoms with van der Waals surface area (Å²) in [6, 6.07) is 5.98. The van der Waals surface area contributed by atoms with Crippen LogP contribution in [0.1, 0.15) is 18.5 Å². The van der Waals surface area contributed by atoms with Gasteiger partial charge in [-0.1, -0.05) is 6.07 Å². The van der Waals surface area contributed by atoms with E-state index in [4.69, 9.17) is 4.74 Å². The molecule has 3 heterocycles. The molecule has 3 rings (SSSR count). The van der Waals surface area contributed by atoms with Crippen LogP contribution in [0.4, 0.5) is 0 Å². The van der Waals surface area contributed by atoms with Gasteiger partial charge in [-0.15, -0.1) is 0 Å². The van der Waals surface area contributed by atoms with Gasteiger partial charge < -0.3 is 4.74 Å². The first-order valence-corrected chi connectivity index (χ1v) is 9.54. The van der Waals surface area contributed by atoms with Crippen molar-refractivity contribution in [3.63, 3.8) is 0 Å². The standard InChI is InChI=1S/C15H23N3O3S/c1-22(19,20)17-8-13-5-6-15(21-10-13)11-18(12-15)9-14-4-2-3-7-16-14/h2-4,7,13,17H,5-6,8-12H2,1H3/t13-/m1/s1. The number of hydrogen-bond acceptors (Lipinski definition) is 5. The van der Waals surface area contributed by atoms with Crippen LogP contribution in [-0.2, 0) is 21.3 Å². The first kappa shape index (κ1) is 15.9. The summed E-state index contributed by atoms with van der Waals surface area (Å²) in [5.41, 5.74) is 1.07. The SMILES string of the molecule is CS(=O)(=O)NC[C@H]1CCC2(CN(Cc3ccccn3)C2)OC1. The predicted octanol–water partition coefficient (Wildman–Crippen LogP) is 0.612. The highest BCUT2D eigenvalue weighted by atomic mass is 32.2. The average molecular weight is 325 g/mol. The third-order valence-corrected chi connectivity index (χ3v) is 5.09. The number of likely N-dealkylation sites (tertiary alicyclic amines) is 1. The molecule has 6 nitrogen and oxygen atoms in total. The van der Waals surface area contributed by atoms with Crippen LogP contribution in [0, 0.1) is 5.92 Å². The van der Waals surface area contributed by atoms with Crippen LogP contribution in [0.5, 0.6) is 0 Å². The molecule has 0 unspecified atom stereocenters. The molecule has 1 spiro atoms. The van der Waals surface area contributed by atoms with Gasteiger partial charge in [-0.2, -0.15) is 0 Å². The van der Waals surface area contributed by atoms with E-state index in [2.05, 4.69) is 14.6 Å². The second-order valence-electron chi connectivity index (χ2n) is 6.49. The highest BCUT2D eigenvalue weighted by Gasteiger charge is 2.46. The molecule has 0 amide bonds. The van der Waals surface area contributed by atoms with E-state index in [1.54, 1.807) is 0 Å². The minimum atomic E-state index is -3.11. The van der Waals surface area contributed by atoms with Gasteiger partial charge in [0.1, 0.15) is 0 Å². The number of nitrogens with one attached hydrogen (secondary N) is 1. The van der Waals surface area contributed by atoms with Gasteiger partial charge in [0.15, 0.2) is 0 Å². The second-order valence-corrected chi connectivity index (χ2v) is 8.32.